The van der Waals surface area contributed by atoms with Crippen LogP contribution in [0.1, 0.15) is 31.8 Å². The average Bonchev–Trinajstić information content (AvgIpc) is 2.78. The highest BCUT2D eigenvalue weighted by molar-refractivity contribution is 6.31. The van der Waals surface area contributed by atoms with Gasteiger partial charge < -0.3 is 14.8 Å². The van der Waals surface area contributed by atoms with E-state index < -0.39 is 11.8 Å². The van der Waals surface area contributed by atoms with E-state index in [1.54, 1.807) is 30.5 Å². The zero-order valence-corrected chi connectivity index (χ0v) is 18.6. The van der Waals surface area contributed by atoms with Crippen LogP contribution in [0.4, 0.5) is 5.69 Å². The number of carbonyl (C=O) groups excluding carboxylic acids is 2. The van der Waals surface area contributed by atoms with Gasteiger partial charge in [0.15, 0.2) is 11.5 Å². The third-order valence-corrected chi connectivity index (χ3v) is 4.78. The third-order valence-electron chi connectivity index (χ3n) is 4.54. The lowest BCUT2D eigenvalue weighted by Crippen LogP contribution is -2.21. The summed E-state index contributed by atoms with van der Waals surface area (Å²) in [4.78, 5) is 25.5. The summed E-state index contributed by atoms with van der Waals surface area (Å²) < 4.78 is 10.4. The van der Waals surface area contributed by atoms with E-state index in [0.29, 0.717) is 22.1 Å². The van der Waals surface area contributed by atoms with Crippen molar-refractivity contribution in [2.75, 3.05) is 19.5 Å². The first-order valence-electron chi connectivity index (χ1n) is 9.64. The molecule has 0 heterocycles. The Labute approximate surface area is 191 Å². The minimum absolute atomic E-state index is 0.213. The van der Waals surface area contributed by atoms with Crippen molar-refractivity contribution in [2.24, 2.45) is 5.10 Å². The van der Waals surface area contributed by atoms with E-state index in [9.17, 15) is 9.59 Å². The molecular weight excluding hydrogens is 430 g/mol. The summed E-state index contributed by atoms with van der Waals surface area (Å²) in [6.07, 6.45) is 1.54. The van der Waals surface area contributed by atoms with Gasteiger partial charge >= 0.3 is 0 Å². The van der Waals surface area contributed by atoms with E-state index in [0.717, 1.165) is 11.1 Å². The first-order chi connectivity index (χ1) is 15.4. The number of aryl methyl sites for hydroxylation is 1. The number of rotatable bonds is 7. The van der Waals surface area contributed by atoms with Gasteiger partial charge in [0.05, 0.1) is 31.7 Å². The second-order valence-corrected chi connectivity index (χ2v) is 7.26. The summed E-state index contributed by atoms with van der Waals surface area (Å²) in [5.74, 6) is -0.0215. The van der Waals surface area contributed by atoms with Gasteiger partial charge in [-0.05, 0) is 48.9 Å². The lowest BCUT2D eigenvalue weighted by molar-refractivity contribution is 0.0956. The maximum Gasteiger partial charge on any atom is 0.273 e. The van der Waals surface area contributed by atoms with Crippen LogP contribution in [0.2, 0.25) is 5.02 Å². The Balaban J connectivity index is 1.78. The van der Waals surface area contributed by atoms with Crippen molar-refractivity contribution in [1.29, 1.82) is 0 Å². The fourth-order valence-electron chi connectivity index (χ4n) is 2.97. The van der Waals surface area contributed by atoms with Gasteiger partial charge in [-0.3, -0.25) is 9.59 Å². The summed E-state index contributed by atoms with van der Waals surface area (Å²) >= 11 is 6.09. The van der Waals surface area contributed by atoms with Gasteiger partial charge in [-0.25, -0.2) is 5.43 Å². The number of benzene rings is 3. The molecule has 2 N–H and O–H groups in total. The van der Waals surface area contributed by atoms with Crippen LogP contribution in [0.5, 0.6) is 11.5 Å². The molecule has 0 radical (unpaired) electrons. The molecule has 0 spiro atoms. The second kappa shape index (κ2) is 10.5. The Morgan fingerprint density at radius 3 is 2.44 bits per heavy atom. The summed E-state index contributed by atoms with van der Waals surface area (Å²) in [5, 5.41) is 7.09. The van der Waals surface area contributed by atoms with Crippen molar-refractivity contribution >= 4 is 35.3 Å². The van der Waals surface area contributed by atoms with Crippen molar-refractivity contribution in [2.45, 2.75) is 6.92 Å². The molecule has 0 saturated heterocycles. The van der Waals surface area contributed by atoms with E-state index in [1.807, 2.05) is 31.2 Å². The highest BCUT2D eigenvalue weighted by Gasteiger charge is 2.16. The van der Waals surface area contributed by atoms with Crippen molar-refractivity contribution in [3.05, 3.63) is 87.9 Å². The zero-order valence-electron chi connectivity index (χ0n) is 17.8. The number of amides is 2. The van der Waals surface area contributed by atoms with Crippen molar-refractivity contribution in [3.8, 4) is 11.5 Å². The number of nitrogens with one attached hydrogen (secondary N) is 2. The smallest absolute Gasteiger partial charge is 0.273 e. The summed E-state index contributed by atoms with van der Waals surface area (Å²) in [6.45, 7) is 1.97. The number of nitrogens with zero attached hydrogens (tertiary/aromatic N) is 1. The number of hydrogen-bond donors (Lipinski definition) is 2. The quantitative estimate of drug-likeness (QED) is 0.403. The summed E-state index contributed by atoms with van der Waals surface area (Å²) in [5.41, 5.74) is 5.19. The number of ether oxygens (including phenoxy) is 2. The Hall–Kier alpha value is -3.84. The number of halogens is 1. The molecule has 0 aromatic heterocycles. The molecular formula is C24H22ClN3O4. The fourth-order valence-corrected chi connectivity index (χ4v) is 3.14. The minimum Gasteiger partial charge on any atom is -0.493 e. The minimum atomic E-state index is -0.492. The number of hydrazone groups is 1. The number of hydrogen-bond acceptors (Lipinski definition) is 5. The van der Waals surface area contributed by atoms with Gasteiger partial charge in [-0.15, -0.1) is 0 Å². The molecule has 0 fully saturated rings. The van der Waals surface area contributed by atoms with Gasteiger partial charge in [0.25, 0.3) is 11.8 Å². The molecule has 0 bridgehead atoms. The molecule has 8 heteroatoms. The molecule has 0 unspecified atom stereocenters. The van der Waals surface area contributed by atoms with Crippen LogP contribution < -0.4 is 20.2 Å². The standard InChI is InChI=1S/C24H22ClN3O4/c1-15-5-4-6-16(11-15)14-26-28-24(30)19-9-8-18(25)13-20(19)27-23(29)17-7-10-21(31-2)22(12-17)32-3/h4-14H,1-3H3,(H,27,29)(H,28,30). The van der Waals surface area contributed by atoms with Crippen LogP contribution in [-0.4, -0.2) is 32.2 Å². The molecule has 3 rings (SSSR count). The van der Waals surface area contributed by atoms with Crippen LogP contribution in [0, 0.1) is 6.92 Å². The molecule has 0 aliphatic rings. The van der Waals surface area contributed by atoms with Crippen LogP contribution in [0.3, 0.4) is 0 Å². The Morgan fingerprint density at radius 1 is 0.938 bits per heavy atom. The number of anilines is 1. The molecule has 164 valence electrons. The van der Waals surface area contributed by atoms with Crippen LogP contribution in [0.25, 0.3) is 0 Å². The summed E-state index contributed by atoms with van der Waals surface area (Å²) in [7, 11) is 2.99. The van der Waals surface area contributed by atoms with Crippen LogP contribution >= 0.6 is 11.6 Å². The van der Waals surface area contributed by atoms with E-state index in [4.69, 9.17) is 21.1 Å². The first kappa shape index (κ1) is 22.8. The zero-order chi connectivity index (χ0) is 23.1. The van der Waals surface area contributed by atoms with Gasteiger partial charge in [0.2, 0.25) is 0 Å². The van der Waals surface area contributed by atoms with Gasteiger partial charge in [-0.1, -0.05) is 41.4 Å². The molecule has 0 aliphatic heterocycles. The van der Waals surface area contributed by atoms with E-state index in [-0.39, 0.29) is 11.3 Å². The molecule has 0 atom stereocenters. The van der Waals surface area contributed by atoms with E-state index in [2.05, 4.69) is 15.8 Å². The maximum absolute atomic E-state index is 12.8. The molecule has 32 heavy (non-hydrogen) atoms. The number of methoxy groups -OCH3 is 2. The Kier molecular flexibility index (Phi) is 7.46. The van der Waals surface area contributed by atoms with Gasteiger partial charge in [-0.2, -0.15) is 5.10 Å². The van der Waals surface area contributed by atoms with Crippen LogP contribution in [-0.2, 0) is 0 Å². The molecule has 0 aliphatic carbocycles. The first-order valence-corrected chi connectivity index (χ1v) is 10.0. The normalized spacial score (nSPS) is 10.6. The predicted molar refractivity (Wildman–Crippen MR) is 125 cm³/mol. The third kappa shape index (κ3) is 5.65. The number of carbonyl (C=O) groups is 2. The maximum atomic E-state index is 12.8. The molecule has 2 amide bonds. The lowest BCUT2D eigenvalue weighted by atomic mass is 10.1. The molecule has 0 saturated carbocycles. The highest BCUT2D eigenvalue weighted by atomic mass is 35.5. The van der Waals surface area contributed by atoms with Crippen molar-refractivity contribution in [3.63, 3.8) is 0 Å². The van der Waals surface area contributed by atoms with E-state index in [1.165, 1.54) is 26.4 Å². The SMILES string of the molecule is COc1ccc(C(=O)Nc2cc(Cl)ccc2C(=O)NN=Cc2cccc(C)c2)cc1OC. The summed E-state index contributed by atoms with van der Waals surface area (Å²) in [6, 6.07) is 17.0. The second-order valence-electron chi connectivity index (χ2n) is 6.83. The van der Waals surface area contributed by atoms with Crippen molar-refractivity contribution in [1.82, 2.24) is 5.43 Å². The Morgan fingerprint density at radius 2 is 1.72 bits per heavy atom. The van der Waals surface area contributed by atoms with Gasteiger partial charge in [0.1, 0.15) is 0 Å². The van der Waals surface area contributed by atoms with Gasteiger partial charge in [0, 0.05) is 10.6 Å². The monoisotopic (exact) mass is 451 g/mol. The topological polar surface area (TPSA) is 89.0 Å². The lowest BCUT2D eigenvalue weighted by Gasteiger charge is -2.12. The molecule has 3 aromatic rings. The highest BCUT2D eigenvalue weighted by Crippen LogP contribution is 2.28. The molecule has 3 aromatic carbocycles. The predicted octanol–water partition coefficient (Wildman–Crippen LogP) is 4.68. The largest absolute Gasteiger partial charge is 0.493 e. The molecule has 7 nitrogen and oxygen atoms in total. The average molecular weight is 452 g/mol. The fraction of sp³-hybridized carbons (Fsp3) is 0.125. The van der Waals surface area contributed by atoms with Crippen LogP contribution in [0.15, 0.2) is 65.8 Å². The van der Waals surface area contributed by atoms with E-state index >= 15 is 0 Å². The Bertz CT molecular complexity index is 1180. The van der Waals surface area contributed by atoms with Crippen molar-refractivity contribution < 1.29 is 19.1 Å².